The number of sulfonamides is 1. The third-order valence-electron chi connectivity index (χ3n) is 2.86. The van der Waals surface area contributed by atoms with Crippen LogP contribution < -0.4 is 5.32 Å². The molecule has 3 N–H and O–H groups in total. The number of aliphatic hydroxyl groups is 1. The number of hydrogen-bond acceptors (Lipinski definition) is 4. The van der Waals surface area contributed by atoms with Crippen molar-refractivity contribution in [1.29, 1.82) is 0 Å². The van der Waals surface area contributed by atoms with E-state index in [1.165, 1.54) is 23.6 Å². The molecule has 6 nitrogen and oxygen atoms in total. The maximum Gasteiger partial charge on any atom is 0.244 e. The van der Waals surface area contributed by atoms with Crippen LogP contribution >= 0.6 is 0 Å². The molecule has 0 unspecified atom stereocenters. The highest BCUT2D eigenvalue weighted by molar-refractivity contribution is 7.89. The largest absolute Gasteiger partial charge is 0.390 e. The van der Waals surface area contributed by atoms with Crippen molar-refractivity contribution in [2.75, 3.05) is 20.1 Å². The molecule has 0 aromatic carbocycles. The van der Waals surface area contributed by atoms with Crippen LogP contribution in [0.4, 0.5) is 0 Å². The van der Waals surface area contributed by atoms with Crippen LogP contribution in [0, 0.1) is 0 Å². The molecule has 2 heterocycles. The molecule has 0 saturated carbocycles. The van der Waals surface area contributed by atoms with E-state index in [1.54, 1.807) is 6.20 Å². The number of hydrogen-bond donors (Lipinski definition) is 3. The van der Waals surface area contributed by atoms with E-state index >= 15 is 0 Å². The van der Waals surface area contributed by atoms with Gasteiger partial charge in [0.2, 0.25) is 10.0 Å². The van der Waals surface area contributed by atoms with Gasteiger partial charge in [-0.1, -0.05) is 0 Å². The smallest absolute Gasteiger partial charge is 0.244 e. The van der Waals surface area contributed by atoms with Crippen molar-refractivity contribution >= 4 is 10.0 Å². The second kappa shape index (κ2) is 4.17. The minimum Gasteiger partial charge on any atom is -0.390 e. The molecular weight excluding hydrogens is 230 g/mol. The van der Waals surface area contributed by atoms with Crippen molar-refractivity contribution in [2.24, 2.45) is 0 Å². The molecular formula is C9H15N3O3S. The molecule has 16 heavy (non-hydrogen) atoms. The minimum absolute atomic E-state index is 0.217. The Kier molecular flexibility index (Phi) is 3.02. The highest BCUT2D eigenvalue weighted by Gasteiger charge is 2.35. The van der Waals surface area contributed by atoms with Crippen LogP contribution in [0.1, 0.15) is 0 Å². The molecule has 1 saturated heterocycles. The molecule has 1 aliphatic heterocycles. The van der Waals surface area contributed by atoms with Gasteiger partial charge in [-0.2, -0.15) is 4.31 Å². The zero-order chi connectivity index (χ0) is 11.8. The van der Waals surface area contributed by atoms with Gasteiger partial charge in [0.15, 0.2) is 0 Å². The Hall–Kier alpha value is -0.890. The molecule has 7 heteroatoms. The Bertz CT molecular complexity index is 443. The van der Waals surface area contributed by atoms with Gasteiger partial charge in [-0.05, 0) is 6.07 Å². The van der Waals surface area contributed by atoms with E-state index in [9.17, 15) is 13.5 Å². The van der Waals surface area contributed by atoms with Crippen LogP contribution in [0.3, 0.4) is 0 Å². The molecule has 90 valence electrons. The number of aliphatic hydroxyl groups excluding tert-OH is 1. The Morgan fingerprint density at radius 1 is 1.50 bits per heavy atom. The Morgan fingerprint density at radius 3 is 2.75 bits per heavy atom. The Balaban J connectivity index is 2.24. The molecule has 1 aromatic rings. The summed E-state index contributed by atoms with van der Waals surface area (Å²) < 4.78 is 25.4. The maximum absolute atomic E-state index is 12.1. The second-order valence-corrected chi connectivity index (χ2v) is 5.86. The van der Waals surface area contributed by atoms with Crippen LogP contribution in [0.5, 0.6) is 0 Å². The zero-order valence-corrected chi connectivity index (χ0v) is 9.74. The summed E-state index contributed by atoms with van der Waals surface area (Å²) in [5, 5.41) is 12.6. The SMILES string of the molecule is CN([C@H]1CNC[C@@H]1O)S(=O)(=O)c1cc[nH]c1. The fraction of sp³-hybridized carbons (Fsp3) is 0.556. The molecule has 0 aliphatic carbocycles. The molecule has 0 bridgehead atoms. The van der Waals surface area contributed by atoms with E-state index in [0.29, 0.717) is 13.1 Å². The summed E-state index contributed by atoms with van der Waals surface area (Å²) >= 11 is 0. The summed E-state index contributed by atoms with van der Waals surface area (Å²) in [5.74, 6) is 0. The van der Waals surface area contributed by atoms with Gasteiger partial charge in [0.1, 0.15) is 0 Å². The van der Waals surface area contributed by atoms with Crippen LogP contribution in [0.2, 0.25) is 0 Å². The first-order chi connectivity index (χ1) is 7.53. The average molecular weight is 245 g/mol. The lowest BCUT2D eigenvalue weighted by Crippen LogP contribution is -2.44. The molecule has 2 rings (SSSR count). The number of aromatic nitrogens is 1. The summed E-state index contributed by atoms with van der Waals surface area (Å²) in [6.07, 6.45) is 2.34. The Labute approximate surface area is 94.3 Å². The highest BCUT2D eigenvalue weighted by atomic mass is 32.2. The van der Waals surface area contributed by atoms with Gasteiger partial charge in [0.25, 0.3) is 0 Å². The van der Waals surface area contributed by atoms with Crippen molar-refractivity contribution in [1.82, 2.24) is 14.6 Å². The fourth-order valence-electron chi connectivity index (χ4n) is 1.84. The molecule has 1 fully saturated rings. The van der Waals surface area contributed by atoms with E-state index in [0.717, 1.165) is 0 Å². The van der Waals surface area contributed by atoms with Crippen molar-refractivity contribution < 1.29 is 13.5 Å². The van der Waals surface area contributed by atoms with Gasteiger partial charge in [-0.3, -0.25) is 0 Å². The first-order valence-electron chi connectivity index (χ1n) is 5.03. The lowest BCUT2D eigenvalue weighted by molar-refractivity contribution is 0.136. The van der Waals surface area contributed by atoms with Gasteiger partial charge in [-0.25, -0.2) is 8.42 Å². The molecule has 0 spiro atoms. The number of rotatable bonds is 3. The molecule has 1 aromatic heterocycles. The lowest BCUT2D eigenvalue weighted by atomic mass is 10.2. The van der Waals surface area contributed by atoms with Crippen LogP contribution in [0.15, 0.2) is 23.4 Å². The van der Waals surface area contributed by atoms with Gasteiger partial charge < -0.3 is 15.4 Å². The van der Waals surface area contributed by atoms with Crippen molar-refractivity contribution in [3.05, 3.63) is 18.5 Å². The molecule has 0 radical (unpaired) electrons. The number of β-amino-alcohol motifs (C(OH)–C–C–N with tert-alkyl or cyclic N) is 1. The summed E-state index contributed by atoms with van der Waals surface area (Å²) in [7, 11) is -2.02. The zero-order valence-electron chi connectivity index (χ0n) is 8.92. The summed E-state index contributed by atoms with van der Waals surface area (Å²) in [6.45, 7) is 0.902. The topological polar surface area (TPSA) is 85.4 Å². The quantitative estimate of drug-likeness (QED) is 0.635. The van der Waals surface area contributed by atoms with Gasteiger partial charge in [0, 0.05) is 32.5 Å². The third-order valence-corrected chi connectivity index (χ3v) is 4.74. The minimum atomic E-state index is -3.51. The summed E-state index contributed by atoms with van der Waals surface area (Å²) in [4.78, 5) is 2.93. The van der Waals surface area contributed by atoms with E-state index in [1.807, 2.05) is 0 Å². The predicted octanol–water partition coefficient (Wildman–Crippen LogP) is -1.03. The predicted molar refractivity (Wildman–Crippen MR) is 58.4 cm³/mol. The van der Waals surface area contributed by atoms with E-state index in [-0.39, 0.29) is 4.90 Å². The number of aromatic amines is 1. The number of H-pyrrole nitrogens is 1. The van der Waals surface area contributed by atoms with Crippen molar-refractivity contribution in [3.63, 3.8) is 0 Å². The summed E-state index contributed by atoms with van der Waals surface area (Å²) in [6, 6.07) is 1.10. The average Bonchev–Trinajstić information content (AvgIpc) is 2.86. The standard InChI is InChI=1S/C9H15N3O3S/c1-12(8-5-11-6-9(8)13)16(14,15)7-2-3-10-4-7/h2-4,8-11,13H,5-6H2,1H3/t8-,9-/m0/s1. The first-order valence-corrected chi connectivity index (χ1v) is 6.47. The van der Waals surface area contributed by atoms with E-state index in [2.05, 4.69) is 10.3 Å². The van der Waals surface area contributed by atoms with E-state index in [4.69, 9.17) is 0 Å². The van der Waals surface area contributed by atoms with Crippen LogP contribution in [0.25, 0.3) is 0 Å². The number of nitrogens with zero attached hydrogens (tertiary/aromatic N) is 1. The normalized spacial score (nSPS) is 26.4. The number of likely N-dealkylation sites (N-methyl/N-ethyl adjacent to an activating group) is 1. The van der Waals surface area contributed by atoms with Gasteiger partial charge in [-0.15, -0.1) is 0 Å². The number of nitrogens with one attached hydrogen (secondary N) is 2. The van der Waals surface area contributed by atoms with E-state index < -0.39 is 22.2 Å². The first kappa shape index (κ1) is 11.6. The summed E-state index contributed by atoms with van der Waals surface area (Å²) in [5.41, 5.74) is 0. The Morgan fingerprint density at radius 2 is 2.25 bits per heavy atom. The molecule has 1 aliphatic rings. The van der Waals surface area contributed by atoms with Gasteiger partial charge >= 0.3 is 0 Å². The molecule has 2 atom stereocenters. The van der Waals surface area contributed by atoms with Gasteiger partial charge in [0.05, 0.1) is 17.0 Å². The lowest BCUT2D eigenvalue weighted by Gasteiger charge is -2.25. The third kappa shape index (κ3) is 1.86. The van der Waals surface area contributed by atoms with Crippen LogP contribution in [-0.4, -0.2) is 55.1 Å². The maximum atomic E-state index is 12.1. The molecule has 0 amide bonds. The van der Waals surface area contributed by atoms with Crippen molar-refractivity contribution in [3.8, 4) is 0 Å². The van der Waals surface area contributed by atoms with Crippen molar-refractivity contribution in [2.45, 2.75) is 17.0 Å². The monoisotopic (exact) mass is 245 g/mol. The second-order valence-electron chi connectivity index (χ2n) is 3.86. The highest BCUT2D eigenvalue weighted by Crippen LogP contribution is 2.18. The fourth-order valence-corrected chi connectivity index (χ4v) is 3.20. The van der Waals surface area contributed by atoms with Crippen LogP contribution in [-0.2, 0) is 10.0 Å².